The van der Waals surface area contributed by atoms with Crippen molar-refractivity contribution in [3.8, 4) is 0 Å². The highest BCUT2D eigenvalue weighted by Crippen LogP contribution is 2.16. The van der Waals surface area contributed by atoms with Gasteiger partial charge in [-0.15, -0.1) is 0 Å². The molecule has 8 heteroatoms. The lowest BCUT2D eigenvalue weighted by atomic mass is 10.1. The van der Waals surface area contributed by atoms with Crippen LogP contribution >= 0.6 is 0 Å². The molecule has 3 heterocycles. The van der Waals surface area contributed by atoms with Crippen LogP contribution in [0.25, 0.3) is 11.0 Å². The van der Waals surface area contributed by atoms with E-state index in [-0.39, 0.29) is 6.03 Å². The molecule has 2 aliphatic rings. The van der Waals surface area contributed by atoms with Crippen LogP contribution in [0.3, 0.4) is 0 Å². The van der Waals surface area contributed by atoms with E-state index in [0.717, 1.165) is 63.3 Å². The normalized spacial score (nSPS) is 20.1. The number of hydrogen-bond acceptors (Lipinski definition) is 6. The number of ether oxygens (including phenoxy) is 1. The van der Waals surface area contributed by atoms with E-state index in [2.05, 4.69) is 20.5 Å². The first-order chi connectivity index (χ1) is 12.3. The van der Waals surface area contributed by atoms with E-state index >= 15 is 0 Å². The number of hydrogen-bond donors (Lipinski definition) is 1. The molecule has 2 aliphatic heterocycles. The average molecular weight is 345 g/mol. The number of fused-ring (bicyclic) bond motifs is 1. The van der Waals surface area contributed by atoms with Crippen LogP contribution in [0.5, 0.6) is 0 Å². The summed E-state index contributed by atoms with van der Waals surface area (Å²) in [6.07, 6.45) is 2.21. The number of aromatic nitrogens is 2. The highest BCUT2D eigenvalue weighted by molar-refractivity contribution is 5.75. The third-order valence-corrected chi connectivity index (χ3v) is 5.07. The van der Waals surface area contributed by atoms with Gasteiger partial charge in [-0.1, -0.05) is 6.07 Å². The summed E-state index contributed by atoms with van der Waals surface area (Å²) in [4.78, 5) is 16.8. The molecule has 0 radical (unpaired) electrons. The van der Waals surface area contributed by atoms with Gasteiger partial charge >= 0.3 is 6.03 Å². The molecule has 1 aromatic heterocycles. The number of piperazine rings is 1. The van der Waals surface area contributed by atoms with Crippen LogP contribution in [-0.4, -0.2) is 71.6 Å². The Balaban J connectivity index is 1.25. The van der Waals surface area contributed by atoms with Crippen molar-refractivity contribution < 1.29 is 14.2 Å². The van der Waals surface area contributed by atoms with Crippen LogP contribution in [0, 0.1) is 0 Å². The molecule has 0 aliphatic carbocycles. The summed E-state index contributed by atoms with van der Waals surface area (Å²) in [6.45, 7) is 5.61. The standard InChI is InChI=1S/C17H23N5O3/c23-17(18-12-13-1-2-15-16(11-13)20-25-19-15)22-7-5-21(6-8-22)14-3-9-24-10-4-14/h1-2,11,14H,3-10,12H2,(H,18,23). The van der Waals surface area contributed by atoms with Crippen LogP contribution in [0.4, 0.5) is 4.79 Å². The van der Waals surface area contributed by atoms with Gasteiger partial charge in [0.1, 0.15) is 11.0 Å². The van der Waals surface area contributed by atoms with Gasteiger partial charge in [0.15, 0.2) is 0 Å². The molecule has 0 unspecified atom stereocenters. The monoisotopic (exact) mass is 345 g/mol. The quantitative estimate of drug-likeness (QED) is 0.901. The molecule has 134 valence electrons. The molecule has 0 saturated carbocycles. The van der Waals surface area contributed by atoms with Crippen LogP contribution in [-0.2, 0) is 11.3 Å². The summed E-state index contributed by atoms with van der Waals surface area (Å²) in [7, 11) is 0. The van der Waals surface area contributed by atoms with E-state index in [0.29, 0.717) is 18.1 Å². The summed E-state index contributed by atoms with van der Waals surface area (Å²) in [6, 6.07) is 6.26. The number of nitrogens with one attached hydrogen (secondary N) is 1. The number of urea groups is 1. The van der Waals surface area contributed by atoms with Gasteiger partial charge in [-0.2, -0.15) is 0 Å². The van der Waals surface area contributed by atoms with Crippen LogP contribution in [0.2, 0.25) is 0 Å². The maximum atomic E-state index is 12.4. The highest BCUT2D eigenvalue weighted by Gasteiger charge is 2.27. The van der Waals surface area contributed by atoms with Crippen molar-refractivity contribution in [2.45, 2.75) is 25.4 Å². The number of carbonyl (C=O) groups is 1. The minimum Gasteiger partial charge on any atom is -0.381 e. The fourth-order valence-electron chi connectivity index (χ4n) is 3.57. The molecule has 2 aromatic rings. The van der Waals surface area contributed by atoms with Crippen LogP contribution in [0.1, 0.15) is 18.4 Å². The summed E-state index contributed by atoms with van der Waals surface area (Å²) in [5.74, 6) is 0. The number of amides is 2. The molecule has 2 amide bonds. The summed E-state index contributed by atoms with van der Waals surface area (Å²) in [5.41, 5.74) is 2.41. The molecule has 1 N–H and O–H groups in total. The number of carbonyl (C=O) groups excluding carboxylic acids is 1. The Morgan fingerprint density at radius 3 is 2.68 bits per heavy atom. The van der Waals surface area contributed by atoms with E-state index in [9.17, 15) is 4.79 Å². The van der Waals surface area contributed by atoms with Crippen LogP contribution < -0.4 is 5.32 Å². The van der Waals surface area contributed by atoms with Gasteiger partial charge in [-0.05, 0) is 40.9 Å². The van der Waals surface area contributed by atoms with Crippen molar-refractivity contribution in [3.05, 3.63) is 23.8 Å². The van der Waals surface area contributed by atoms with Crippen molar-refractivity contribution in [1.82, 2.24) is 25.4 Å². The Bertz CT molecular complexity index is 720. The topological polar surface area (TPSA) is 83.7 Å². The van der Waals surface area contributed by atoms with E-state index in [1.807, 2.05) is 23.1 Å². The first-order valence-corrected chi connectivity index (χ1v) is 8.85. The Kier molecular flexibility index (Phi) is 4.80. The lowest BCUT2D eigenvalue weighted by molar-refractivity contribution is 0.0187. The molecule has 0 bridgehead atoms. The minimum atomic E-state index is -0.00926. The lowest BCUT2D eigenvalue weighted by Gasteiger charge is -2.40. The number of nitrogens with zero attached hydrogens (tertiary/aromatic N) is 4. The highest BCUT2D eigenvalue weighted by atomic mass is 16.6. The predicted molar refractivity (Wildman–Crippen MR) is 91.0 cm³/mol. The second-order valence-electron chi connectivity index (χ2n) is 6.61. The molecular formula is C17H23N5O3. The smallest absolute Gasteiger partial charge is 0.317 e. The Hall–Kier alpha value is -2.19. The molecular weight excluding hydrogens is 322 g/mol. The van der Waals surface area contributed by atoms with Crippen molar-refractivity contribution in [2.75, 3.05) is 39.4 Å². The van der Waals surface area contributed by atoms with E-state index in [1.54, 1.807) is 0 Å². The van der Waals surface area contributed by atoms with Crippen molar-refractivity contribution in [3.63, 3.8) is 0 Å². The largest absolute Gasteiger partial charge is 0.381 e. The SMILES string of the molecule is O=C(NCc1ccc2nonc2c1)N1CCN(C2CCOCC2)CC1. The van der Waals surface area contributed by atoms with Crippen LogP contribution in [0.15, 0.2) is 22.8 Å². The molecule has 4 rings (SSSR count). The Morgan fingerprint density at radius 1 is 1.12 bits per heavy atom. The molecule has 8 nitrogen and oxygen atoms in total. The van der Waals surface area contributed by atoms with Crippen molar-refractivity contribution >= 4 is 17.1 Å². The van der Waals surface area contributed by atoms with E-state index in [4.69, 9.17) is 9.37 Å². The maximum Gasteiger partial charge on any atom is 0.317 e. The molecule has 25 heavy (non-hydrogen) atoms. The lowest BCUT2D eigenvalue weighted by Crippen LogP contribution is -2.54. The second-order valence-corrected chi connectivity index (χ2v) is 6.61. The molecule has 2 fully saturated rings. The first-order valence-electron chi connectivity index (χ1n) is 8.85. The third kappa shape index (κ3) is 3.74. The summed E-state index contributed by atoms with van der Waals surface area (Å²) >= 11 is 0. The minimum absolute atomic E-state index is 0.00926. The van der Waals surface area contributed by atoms with Gasteiger partial charge in [0.25, 0.3) is 0 Å². The zero-order chi connectivity index (χ0) is 17.1. The van der Waals surface area contributed by atoms with Gasteiger partial charge in [0.2, 0.25) is 0 Å². The fraction of sp³-hybridized carbons (Fsp3) is 0.588. The Labute approximate surface area is 146 Å². The molecule has 2 saturated heterocycles. The van der Waals surface area contributed by atoms with Gasteiger partial charge in [0, 0.05) is 52.0 Å². The van der Waals surface area contributed by atoms with Crippen molar-refractivity contribution in [2.24, 2.45) is 0 Å². The van der Waals surface area contributed by atoms with Gasteiger partial charge in [-0.3, -0.25) is 4.90 Å². The van der Waals surface area contributed by atoms with E-state index < -0.39 is 0 Å². The molecule has 1 aromatic carbocycles. The first kappa shape index (κ1) is 16.3. The second kappa shape index (κ2) is 7.37. The van der Waals surface area contributed by atoms with Crippen molar-refractivity contribution in [1.29, 1.82) is 0 Å². The van der Waals surface area contributed by atoms with Gasteiger partial charge in [0.05, 0.1) is 0 Å². The zero-order valence-corrected chi connectivity index (χ0v) is 14.2. The summed E-state index contributed by atoms with van der Waals surface area (Å²) < 4.78 is 10.1. The Morgan fingerprint density at radius 2 is 1.88 bits per heavy atom. The summed E-state index contributed by atoms with van der Waals surface area (Å²) in [5, 5.41) is 10.6. The number of rotatable bonds is 3. The van der Waals surface area contributed by atoms with E-state index in [1.165, 1.54) is 0 Å². The third-order valence-electron chi connectivity index (χ3n) is 5.07. The fourth-order valence-corrected chi connectivity index (χ4v) is 3.57. The maximum absolute atomic E-state index is 12.4. The average Bonchev–Trinajstić information content (AvgIpc) is 3.15. The number of benzene rings is 1. The molecule has 0 atom stereocenters. The molecule has 0 spiro atoms. The van der Waals surface area contributed by atoms with Gasteiger partial charge in [-0.25, -0.2) is 9.42 Å². The van der Waals surface area contributed by atoms with Gasteiger partial charge < -0.3 is 15.0 Å². The zero-order valence-electron chi connectivity index (χ0n) is 14.2. The predicted octanol–water partition coefficient (Wildman–Crippen LogP) is 1.23.